The van der Waals surface area contributed by atoms with Crippen LogP contribution in [0, 0.1) is 5.92 Å². The number of aliphatic hydroxyl groups excluding tert-OH is 1. The molecule has 0 spiro atoms. The monoisotopic (exact) mass is 336 g/mol. The molecule has 1 saturated heterocycles. The van der Waals surface area contributed by atoms with Crippen molar-refractivity contribution in [2.24, 2.45) is 5.92 Å². The highest BCUT2D eigenvalue weighted by Crippen LogP contribution is 2.13. The summed E-state index contributed by atoms with van der Waals surface area (Å²) in [5.41, 5.74) is 0. The Kier molecular flexibility index (Phi) is 6.57. The second kappa shape index (κ2) is 8.65. The van der Waals surface area contributed by atoms with E-state index in [-0.39, 0.29) is 11.8 Å². The molecule has 2 unspecified atom stereocenters. The molecule has 7 nitrogen and oxygen atoms in total. The lowest BCUT2D eigenvalue weighted by atomic mass is 10.0. The van der Waals surface area contributed by atoms with Gasteiger partial charge in [0.2, 0.25) is 5.91 Å². The number of nitrogens with one attached hydrogen (secondary N) is 2. The zero-order valence-electron chi connectivity index (χ0n) is 13.9. The first-order valence-electron chi connectivity index (χ1n) is 8.09. The van der Waals surface area contributed by atoms with E-state index in [2.05, 4.69) is 10.6 Å². The van der Waals surface area contributed by atoms with Crippen molar-refractivity contribution in [2.45, 2.75) is 45.1 Å². The average Bonchev–Trinajstić information content (AvgIpc) is 2.92. The first kappa shape index (κ1) is 18.2. The highest BCUT2D eigenvalue weighted by molar-refractivity contribution is 5.86. The highest BCUT2D eigenvalue weighted by atomic mass is 16.6. The normalized spacial score (nSPS) is 21.3. The Bertz CT molecular complexity index is 549. The van der Waals surface area contributed by atoms with Crippen molar-refractivity contribution in [3.8, 4) is 5.75 Å². The van der Waals surface area contributed by atoms with Gasteiger partial charge in [0.1, 0.15) is 11.8 Å². The van der Waals surface area contributed by atoms with Crippen LogP contribution in [0.1, 0.15) is 26.7 Å². The molecule has 1 aromatic carbocycles. The van der Waals surface area contributed by atoms with Crippen LogP contribution < -0.4 is 15.4 Å². The number of carbonyl (C=O) groups excluding carboxylic acids is 2. The van der Waals surface area contributed by atoms with E-state index in [1.165, 1.54) is 0 Å². The molecule has 2 rings (SSSR count). The molecule has 1 aliphatic rings. The third-order valence-electron chi connectivity index (χ3n) is 3.66. The van der Waals surface area contributed by atoms with Crippen molar-refractivity contribution < 1.29 is 24.2 Å². The molecule has 0 aromatic heterocycles. The van der Waals surface area contributed by atoms with Crippen molar-refractivity contribution in [3.05, 3.63) is 30.3 Å². The molecular formula is C17H24N2O5. The lowest BCUT2D eigenvalue weighted by Gasteiger charge is -2.23. The molecular weight excluding hydrogens is 312 g/mol. The minimum atomic E-state index is -1.01. The Morgan fingerprint density at radius 2 is 2.04 bits per heavy atom. The van der Waals surface area contributed by atoms with E-state index in [0.717, 1.165) is 0 Å². The van der Waals surface area contributed by atoms with Crippen LogP contribution in [0.25, 0.3) is 0 Å². The minimum Gasteiger partial charge on any atom is -0.410 e. The summed E-state index contributed by atoms with van der Waals surface area (Å²) in [4.78, 5) is 24.4. The molecule has 2 amide bonds. The number of carbonyl (C=O) groups is 2. The zero-order valence-corrected chi connectivity index (χ0v) is 13.9. The molecule has 1 aromatic rings. The maximum atomic E-state index is 12.4. The van der Waals surface area contributed by atoms with E-state index in [4.69, 9.17) is 9.47 Å². The van der Waals surface area contributed by atoms with E-state index in [9.17, 15) is 14.7 Å². The van der Waals surface area contributed by atoms with Crippen LogP contribution in [0.5, 0.6) is 5.75 Å². The lowest BCUT2D eigenvalue weighted by Crippen LogP contribution is -2.52. The maximum Gasteiger partial charge on any atom is 0.413 e. The second-order valence-electron chi connectivity index (χ2n) is 6.19. The summed E-state index contributed by atoms with van der Waals surface area (Å²) in [5, 5.41) is 14.9. The maximum absolute atomic E-state index is 12.4. The summed E-state index contributed by atoms with van der Waals surface area (Å²) in [6.07, 6.45) is -0.704. The fourth-order valence-electron chi connectivity index (χ4n) is 2.47. The number of aliphatic hydroxyl groups is 1. The SMILES string of the molecule is CC(C)CC(NC(=O)Oc1ccccc1)C(=O)N[C@H]1CCOC1O. The van der Waals surface area contributed by atoms with Crippen LogP contribution in [0.4, 0.5) is 4.79 Å². The van der Waals surface area contributed by atoms with Gasteiger partial charge in [-0.05, 0) is 30.9 Å². The molecule has 0 saturated carbocycles. The van der Waals surface area contributed by atoms with Crippen molar-refractivity contribution in [1.82, 2.24) is 10.6 Å². The quantitative estimate of drug-likeness (QED) is 0.730. The molecule has 24 heavy (non-hydrogen) atoms. The van der Waals surface area contributed by atoms with Gasteiger partial charge in [-0.2, -0.15) is 0 Å². The van der Waals surface area contributed by atoms with E-state index in [1.807, 2.05) is 19.9 Å². The van der Waals surface area contributed by atoms with Crippen LogP contribution in [0.15, 0.2) is 30.3 Å². The summed E-state index contributed by atoms with van der Waals surface area (Å²) < 4.78 is 10.2. The number of amides is 2. The number of ether oxygens (including phenoxy) is 2. The summed E-state index contributed by atoms with van der Waals surface area (Å²) >= 11 is 0. The Morgan fingerprint density at radius 3 is 2.62 bits per heavy atom. The molecule has 1 aliphatic heterocycles. The summed E-state index contributed by atoms with van der Waals surface area (Å²) in [5.74, 6) is 0.240. The first-order chi connectivity index (χ1) is 11.5. The fraction of sp³-hybridized carbons (Fsp3) is 0.529. The summed E-state index contributed by atoms with van der Waals surface area (Å²) in [6.45, 7) is 4.31. The zero-order chi connectivity index (χ0) is 17.5. The number of para-hydroxylation sites is 1. The van der Waals surface area contributed by atoms with Gasteiger partial charge in [0, 0.05) is 0 Å². The number of hydrogen-bond acceptors (Lipinski definition) is 5. The van der Waals surface area contributed by atoms with Crippen molar-refractivity contribution in [3.63, 3.8) is 0 Å². The van der Waals surface area contributed by atoms with Gasteiger partial charge >= 0.3 is 6.09 Å². The molecule has 1 fully saturated rings. The minimum absolute atomic E-state index is 0.197. The number of hydrogen-bond donors (Lipinski definition) is 3. The van der Waals surface area contributed by atoms with Gasteiger partial charge in [-0.15, -0.1) is 0 Å². The lowest BCUT2D eigenvalue weighted by molar-refractivity contribution is -0.127. The van der Waals surface area contributed by atoms with Crippen molar-refractivity contribution >= 4 is 12.0 Å². The Labute approximate surface area is 141 Å². The van der Waals surface area contributed by atoms with Gasteiger partial charge < -0.3 is 25.2 Å². The molecule has 1 heterocycles. The van der Waals surface area contributed by atoms with Crippen molar-refractivity contribution in [2.75, 3.05) is 6.61 Å². The van der Waals surface area contributed by atoms with Crippen molar-refractivity contribution in [1.29, 1.82) is 0 Å². The fourth-order valence-corrected chi connectivity index (χ4v) is 2.47. The third kappa shape index (κ3) is 5.50. The van der Waals surface area contributed by atoms with E-state index in [0.29, 0.717) is 25.2 Å². The summed E-state index contributed by atoms with van der Waals surface area (Å²) in [7, 11) is 0. The van der Waals surface area contributed by atoms with Gasteiger partial charge in [-0.1, -0.05) is 32.0 Å². The Morgan fingerprint density at radius 1 is 1.33 bits per heavy atom. The van der Waals surface area contributed by atoms with Gasteiger partial charge in [-0.25, -0.2) is 4.79 Å². The molecule has 3 atom stereocenters. The molecule has 3 N–H and O–H groups in total. The summed E-state index contributed by atoms with van der Waals surface area (Å²) in [6, 6.07) is 7.43. The Balaban J connectivity index is 1.93. The molecule has 7 heteroatoms. The predicted molar refractivity (Wildman–Crippen MR) is 87.4 cm³/mol. The second-order valence-corrected chi connectivity index (χ2v) is 6.19. The van der Waals surface area contributed by atoms with Crippen LogP contribution in [0.2, 0.25) is 0 Å². The topological polar surface area (TPSA) is 96.9 Å². The Hall–Kier alpha value is -2.12. The van der Waals surface area contributed by atoms with E-state index in [1.54, 1.807) is 24.3 Å². The molecule has 132 valence electrons. The van der Waals surface area contributed by atoms with E-state index >= 15 is 0 Å². The molecule has 0 radical (unpaired) electrons. The molecule has 0 bridgehead atoms. The van der Waals surface area contributed by atoms with E-state index < -0.39 is 24.5 Å². The van der Waals surface area contributed by atoms with Crippen LogP contribution in [-0.4, -0.2) is 42.1 Å². The standard InChI is InChI=1S/C17H24N2O5/c1-11(2)10-14(15(20)18-13-8-9-23-16(13)21)19-17(22)24-12-6-4-3-5-7-12/h3-7,11,13-14,16,21H,8-10H2,1-2H3,(H,18,20)(H,19,22)/t13-,14?,16?/m0/s1. The van der Waals surface area contributed by atoms with Gasteiger partial charge in [0.15, 0.2) is 6.29 Å². The first-order valence-corrected chi connectivity index (χ1v) is 8.09. The van der Waals surface area contributed by atoms with Crippen LogP contribution in [-0.2, 0) is 9.53 Å². The average molecular weight is 336 g/mol. The largest absolute Gasteiger partial charge is 0.413 e. The van der Waals surface area contributed by atoms with Gasteiger partial charge in [0.25, 0.3) is 0 Å². The van der Waals surface area contributed by atoms with Crippen LogP contribution >= 0.6 is 0 Å². The smallest absolute Gasteiger partial charge is 0.410 e. The molecule has 0 aliphatic carbocycles. The van der Waals surface area contributed by atoms with Gasteiger partial charge in [0.05, 0.1) is 12.6 Å². The predicted octanol–water partition coefficient (Wildman–Crippen LogP) is 1.41. The number of rotatable bonds is 6. The van der Waals surface area contributed by atoms with Crippen LogP contribution in [0.3, 0.4) is 0 Å². The third-order valence-corrected chi connectivity index (χ3v) is 3.66. The number of benzene rings is 1. The van der Waals surface area contributed by atoms with Gasteiger partial charge in [-0.3, -0.25) is 4.79 Å². The highest BCUT2D eigenvalue weighted by Gasteiger charge is 2.31.